The predicted molar refractivity (Wildman–Crippen MR) is 54.7 cm³/mol. The zero-order valence-electron chi connectivity index (χ0n) is 9.00. The molecule has 0 atom stereocenters. The quantitative estimate of drug-likeness (QED) is 0.714. The van der Waals surface area contributed by atoms with Crippen LogP contribution < -0.4 is 10.6 Å². The number of nitrogens with one attached hydrogen (secondary N) is 2. The summed E-state index contributed by atoms with van der Waals surface area (Å²) in [5.41, 5.74) is 0.582. The highest BCUT2D eigenvalue weighted by Gasteiger charge is 2.20. The molecule has 0 aliphatic carbocycles. The van der Waals surface area contributed by atoms with Crippen LogP contribution in [-0.2, 0) is 6.54 Å². The average molecular weight is 210 g/mol. The molecule has 0 aromatic carbocycles. The van der Waals surface area contributed by atoms with Crippen LogP contribution in [0.1, 0.15) is 27.8 Å². The Bertz CT molecular complexity index is 383. The van der Waals surface area contributed by atoms with Gasteiger partial charge in [-0.3, -0.25) is 14.3 Å². The van der Waals surface area contributed by atoms with E-state index >= 15 is 0 Å². The van der Waals surface area contributed by atoms with Crippen molar-refractivity contribution in [3.8, 4) is 0 Å². The number of amides is 2. The van der Waals surface area contributed by atoms with Gasteiger partial charge in [0.05, 0.1) is 11.8 Å². The molecule has 0 saturated carbocycles. The van der Waals surface area contributed by atoms with Gasteiger partial charge in [-0.25, -0.2) is 0 Å². The molecule has 0 aliphatic rings. The third-order valence-corrected chi connectivity index (χ3v) is 2.05. The Morgan fingerprint density at radius 2 is 1.93 bits per heavy atom. The van der Waals surface area contributed by atoms with Crippen molar-refractivity contribution in [2.75, 3.05) is 14.1 Å². The molecule has 1 rings (SSSR count). The van der Waals surface area contributed by atoms with Crippen LogP contribution in [0.5, 0.6) is 0 Å². The van der Waals surface area contributed by atoms with E-state index in [4.69, 9.17) is 0 Å². The van der Waals surface area contributed by atoms with Gasteiger partial charge in [0.2, 0.25) is 0 Å². The minimum Gasteiger partial charge on any atom is -0.355 e. The van der Waals surface area contributed by atoms with E-state index in [1.54, 1.807) is 0 Å². The van der Waals surface area contributed by atoms with Gasteiger partial charge in [-0.1, -0.05) is 0 Å². The van der Waals surface area contributed by atoms with Crippen molar-refractivity contribution in [1.82, 2.24) is 20.4 Å². The molecule has 0 saturated heterocycles. The van der Waals surface area contributed by atoms with Crippen molar-refractivity contribution in [1.29, 1.82) is 0 Å². The maximum absolute atomic E-state index is 11.5. The van der Waals surface area contributed by atoms with E-state index in [0.29, 0.717) is 17.8 Å². The smallest absolute Gasteiger partial charge is 0.270 e. The molecule has 2 N–H and O–H groups in total. The maximum atomic E-state index is 11.5. The molecule has 15 heavy (non-hydrogen) atoms. The lowest BCUT2D eigenvalue weighted by molar-refractivity contribution is 0.0922. The molecule has 6 nitrogen and oxygen atoms in total. The second kappa shape index (κ2) is 4.59. The second-order valence-corrected chi connectivity index (χ2v) is 2.88. The molecule has 0 aliphatic heterocycles. The van der Waals surface area contributed by atoms with E-state index in [-0.39, 0.29) is 11.8 Å². The van der Waals surface area contributed by atoms with Gasteiger partial charge in [0.1, 0.15) is 5.69 Å². The van der Waals surface area contributed by atoms with Crippen molar-refractivity contribution < 1.29 is 9.59 Å². The number of hydrogen-bond acceptors (Lipinski definition) is 3. The lowest BCUT2D eigenvalue weighted by Gasteiger charge is -2.05. The molecule has 6 heteroatoms. The Hall–Kier alpha value is -1.85. The standard InChI is InChI=1S/C9H14N4O2/c1-4-13-7(9(15)11-3)6(5-12-13)8(14)10-2/h5H,4H2,1-3H3,(H,10,14)(H,11,15). The van der Waals surface area contributed by atoms with Crippen LogP contribution in [-0.4, -0.2) is 35.7 Å². The number of hydrogen-bond donors (Lipinski definition) is 2. The predicted octanol–water partition coefficient (Wildman–Crippen LogP) is -0.378. The Labute approximate surface area is 87.7 Å². The SMILES string of the molecule is CCn1ncc(C(=O)NC)c1C(=O)NC. The van der Waals surface area contributed by atoms with Crippen LogP contribution in [0, 0.1) is 0 Å². The van der Waals surface area contributed by atoms with Crippen molar-refractivity contribution in [2.45, 2.75) is 13.5 Å². The highest BCUT2D eigenvalue weighted by atomic mass is 16.2. The van der Waals surface area contributed by atoms with E-state index < -0.39 is 0 Å². The molecule has 82 valence electrons. The molecule has 0 unspecified atom stereocenters. The fourth-order valence-electron chi connectivity index (χ4n) is 1.28. The number of nitrogens with zero attached hydrogens (tertiary/aromatic N) is 2. The minimum absolute atomic E-state index is 0.290. The molecule has 0 spiro atoms. The summed E-state index contributed by atoms with van der Waals surface area (Å²) in [7, 11) is 3.03. The summed E-state index contributed by atoms with van der Waals surface area (Å²) in [6, 6.07) is 0. The number of aryl methyl sites for hydroxylation is 1. The number of carbonyl (C=O) groups is 2. The van der Waals surface area contributed by atoms with Gasteiger partial charge in [-0.2, -0.15) is 5.10 Å². The zero-order valence-corrected chi connectivity index (χ0v) is 9.00. The Morgan fingerprint density at radius 1 is 1.33 bits per heavy atom. The van der Waals surface area contributed by atoms with Gasteiger partial charge < -0.3 is 10.6 Å². The summed E-state index contributed by atoms with van der Waals surface area (Å²) in [5, 5.41) is 8.92. The fourth-order valence-corrected chi connectivity index (χ4v) is 1.28. The molecule has 1 heterocycles. The molecule has 0 bridgehead atoms. The first-order valence-electron chi connectivity index (χ1n) is 4.65. The van der Waals surface area contributed by atoms with Crippen LogP contribution in [0.15, 0.2) is 6.20 Å². The fraction of sp³-hybridized carbons (Fsp3) is 0.444. The summed E-state index contributed by atoms with van der Waals surface area (Å²) < 4.78 is 1.49. The van der Waals surface area contributed by atoms with Crippen molar-refractivity contribution >= 4 is 11.8 Å². The van der Waals surface area contributed by atoms with E-state index in [9.17, 15) is 9.59 Å². The van der Waals surface area contributed by atoms with Gasteiger partial charge in [0.25, 0.3) is 11.8 Å². The Balaban J connectivity index is 3.23. The molecule has 0 fully saturated rings. The number of aromatic nitrogens is 2. The second-order valence-electron chi connectivity index (χ2n) is 2.88. The largest absolute Gasteiger partial charge is 0.355 e. The summed E-state index contributed by atoms with van der Waals surface area (Å²) in [6.07, 6.45) is 1.40. The number of rotatable bonds is 3. The van der Waals surface area contributed by atoms with Gasteiger partial charge in [-0.05, 0) is 6.92 Å². The lowest BCUT2D eigenvalue weighted by atomic mass is 10.2. The Kier molecular flexibility index (Phi) is 3.43. The first kappa shape index (κ1) is 11.2. The maximum Gasteiger partial charge on any atom is 0.270 e. The average Bonchev–Trinajstić information content (AvgIpc) is 2.70. The van der Waals surface area contributed by atoms with Crippen LogP contribution in [0.2, 0.25) is 0 Å². The van der Waals surface area contributed by atoms with E-state index in [2.05, 4.69) is 15.7 Å². The third kappa shape index (κ3) is 1.98. The summed E-state index contributed by atoms with van der Waals surface area (Å²) in [5.74, 6) is -0.624. The third-order valence-electron chi connectivity index (χ3n) is 2.05. The summed E-state index contributed by atoms with van der Waals surface area (Å²) in [6.45, 7) is 2.40. The molecular weight excluding hydrogens is 196 g/mol. The van der Waals surface area contributed by atoms with Gasteiger partial charge in [0.15, 0.2) is 0 Å². The minimum atomic E-state index is -0.312. The molecule has 2 amide bonds. The van der Waals surface area contributed by atoms with E-state index in [1.807, 2.05) is 6.92 Å². The molecule has 1 aromatic heterocycles. The lowest BCUT2D eigenvalue weighted by Crippen LogP contribution is -2.27. The molecule has 1 aromatic rings. The highest BCUT2D eigenvalue weighted by Crippen LogP contribution is 2.08. The van der Waals surface area contributed by atoms with Crippen LogP contribution >= 0.6 is 0 Å². The van der Waals surface area contributed by atoms with E-state index in [0.717, 1.165) is 0 Å². The summed E-state index contributed by atoms with van der Waals surface area (Å²) >= 11 is 0. The van der Waals surface area contributed by atoms with Crippen molar-refractivity contribution in [3.05, 3.63) is 17.5 Å². The molecular formula is C9H14N4O2. The Morgan fingerprint density at radius 3 is 2.40 bits per heavy atom. The van der Waals surface area contributed by atoms with Gasteiger partial charge >= 0.3 is 0 Å². The first-order valence-corrected chi connectivity index (χ1v) is 4.65. The van der Waals surface area contributed by atoms with Gasteiger partial charge in [0, 0.05) is 20.6 Å². The van der Waals surface area contributed by atoms with Crippen LogP contribution in [0.4, 0.5) is 0 Å². The normalized spacial score (nSPS) is 9.80. The zero-order chi connectivity index (χ0) is 11.4. The number of carbonyl (C=O) groups excluding carboxylic acids is 2. The van der Waals surface area contributed by atoms with Crippen molar-refractivity contribution in [3.63, 3.8) is 0 Å². The first-order chi connectivity index (χ1) is 7.15. The van der Waals surface area contributed by atoms with Gasteiger partial charge in [-0.15, -0.1) is 0 Å². The van der Waals surface area contributed by atoms with E-state index in [1.165, 1.54) is 25.0 Å². The topological polar surface area (TPSA) is 76.0 Å². The van der Waals surface area contributed by atoms with Crippen LogP contribution in [0.25, 0.3) is 0 Å². The highest BCUT2D eigenvalue weighted by molar-refractivity contribution is 6.05. The monoisotopic (exact) mass is 210 g/mol. The molecule has 0 radical (unpaired) electrons. The summed E-state index contributed by atoms with van der Waals surface area (Å²) in [4.78, 5) is 23.0. The van der Waals surface area contributed by atoms with Crippen LogP contribution in [0.3, 0.4) is 0 Å². The van der Waals surface area contributed by atoms with Crippen molar-refractivity contribution in [2.24, 2.45) is 0 Å².